The van der Waals surface area contributed by atoms with Crippen molar-refractivity contribution in [3.63, 3.8) is 0 Å². The van der Waals surface area contributed by atoms with Crippen LogP contribution in [0.1, 0.15) is 5.56 Å². The van der Waals surface area contributed by atoms with Crippen LogP contribution < -0.4 is 9.54 Å². The molecule has 1 aromatic heterocycles. The van der Waals surface area contributed by atoms with E-state index in [1.54, 1.807) is 16.7 Å². The molecule has 1 saturated heterocycles. The molecule has 2 heterocycles. The largest absolute Gasteiger partial charge is 0.495 e. The van der Waals surface area contributed by atoms with Crippen LogP contribution in [0.15, 0.2) is 39.7 Å². The van der Waals surface area contributed by atoms with Gasteiger partial charge in [-0.05, 0) is 17.7 Å². The smallest absolute Gasteiger partial charge is 0.252 e. The standard InChI is InChI=1S/C17H21N3O5S2/c1-19-7-10-26-17(19)18-16(21)12-13-3-4-14(24-2)15(11-13)27(22,23)20-5-8-25-9-6-20/h3-4,7,10-11H,5-6,8-9,12H2,1-2H3. The zero-order chi connectivity index (χ0) is 19.4. The van der Waals surface area contributed by atoms with E-state index in [-0.39, 0.29) is 23.0 Å². The lowest BCUT2D eigenvalue weighted by atomic mass is 10.1. The zero-order valence-corrected chi connectivity index (χ0v) is 16.8. The molecule has 1 aliphatic heterocycles. The summed E-state index contributed by atoms with van der Waals surface area (Å²) < 4.78 is 39.6. The van der Waals surface area contributed by atoms with Crippen LogP contribution in [0.4, 0.5) is 0 Å². The SMILES string of the molecule is COc1ccc(CC(=O)N=c2sccn2C)cc1S(=O)(=O)N1CCOCC1. The summed E-state index contributed by atoms with van der Waals surface area (Å²) in [5.41, 5.74) is 0.565. The van der Waals surface area contributed by atoms with Crippen LogP contribution in [0, 0.1) is 0 Å². The quantitative estimate of drug-likeness (QED) is 0.726. The van der Waals surface area contributed by atoms with Crippen molar-refractivity contribution < 1.29 is 22.7 Å². The van der Waals surface area contributed by atoms with Gasteiger partial charge in [-0.25, -0.2) is 8.42 Å². The van der Waals surface area contributed by atoms with Gasteiger partial charge in [0.05, 0.1) is 26.7 Å². The minimum Gasteiger partial charge on any atom is -0.495 e. The number of thiazole rings is 1. The molecule has 3 rings (SSSR count). The first-order valence-corrected chi connectivity index (χ1v) is 10.7. The van der Waals surface area contributed by atoms with E-state index in [1.807, 2.05) is 18.6 Å². The normalized spacial score (nSPS) is 16.4. The Kier molecular flexibility index (Phi) is 6.10. The van der Waals surface area contributed by atoms with Gasteiger partial charge >= 0.3 is 0 Å². The second kappa shape index (κ2) is 8.34. The van der Waals surface area contributed by atoms with Gasteiger partial charge in [0, 0.05) is 31.7 Å². The molecule has 0 unspecified atom stereocenters. The lowest BCUT2D eigenvalue weighted by Gasteiger charge is -2.26. The molecule has 1 aromatic carbocycles. The maximum Gasteiger partial charge on any atom is 0.252 e. The average molecular weight is 412 g/mol. The Morgan fingerprint density at radius 1 is 1.33 bits per heavy atom. The minimum atomic E-state index is -3.74. The van der Waals surface area contributed by atoms with Crippen LogP contribution in [0.5, 0.6) is 5.75 Å². The van der Waals surface area contributed by atoms with Gasteiger partial charge in [-0.15, -0.1) is 11.3 Å². The highest BCUT2D eigenvalue weighted by atomic mass is 32.2. The molecule has 0 atom stereocenters. The zero-order valence-electron chi connectivity index (χ0n) is 15.1. The molecule has 0 saturated carbocycles. The minimum absolute atomic E-state index is 0.00747. The van der Waals surface area contributed by atoms with E-state index >= 15 is 0 Å². The molecular formula is C17H21N3O5S2. The number of ether oxygens (including phenoxy) is 2. The summed E-state index contributed by atoms with van der Waals surface area (Å²) >= 11 is 1.36. The molecule has 27 heavy (non-hydrogen) atoms. The Bertz CT molecular complexity index is 988. The lowest BCUT2D eigenvalue weighted by Crippen LogP contribution is -2.40. The molecule has 8 nitrogen and oxygen atoms in total. The number of methoxy groups -OCH3 is 1. The number of carbonyl (C=O) groups excluding carboxylic acids is 1. The van der Waals surface area contributed by atoms with E-state index in [9.17, 15) is 13.2 Å². The molecule has 0 spiro atoms. The van der Waals surface area contributed by atoms with Gasteiger partial charge in [-0.3, -0.25) is 4.79 Å². The van der Waals surface area contributed by atoms with Crippen LogP contribution >= 0.6 is 11.3 Å². The maximum atomic E-state index is 13.0. The highest BCUT2D eigenvalue weighted by Gasteiger charge is 2.29. The average Bonchev–Trinajstić information content (AvgIpc) is 3.07. The first-order valence-electron chi connectivity index (χ1n) is 8.34. The molecule has 0 bridgehead atoms. The third-order valence-corrected chi connectivity index (χ3v) is 6.92. The van der Waals surface area contributed by atoms with Crippen molar-refractivity contribution in [1.29, 1.82) is 0 Å². The van der Waals surface area contributed by atoms with Gasteiger partial charge in [0.1, 0.15) is 10.6 Å². The number of aromatic nitrogens is 1. The fourth-order valence-electron chi connectivity index (χ4n) is 2.71. The molecule has 0 N–H and O–H groups in total. The Morgan fingerprint density at radius 2 is 2.07 bits per heavy atom. The lowest BCUT2D eigenvalue weighted by molar-refractivity contribution is -0.117. The van der Waals surface area contributed by atoms with Gasteiger partial charge in [0.25, 0.3) is 5.91 Å². The highest BCUT2D eigenvalue weighted by Crippen LogP contribution is 2.28. The van der Waals surface area contributed by atoms with Gasteiger partial charge < -0.3 is 14.0 Å². The second-order valence-corrected chi connectivity index (χ2v) is 8.76. The van der Waals surface area contributed by atoms with Crippen LogP contribution in [0.3, 0.4) is 0 Å². The van der Waals surface area contributed by atoms with Gasteiger partial charge in [0.2, 0.25) is 10.0 Å². The molecule has 146 valence electrons. The number of carbonyl (C=O) groups is 1. The molecule has 2 aromatic rings. The summed E-state index contributed by atoms with van der Waals surface area (Å²) in [4.78, 5) is 17.0. The first-order chi connectivity index (χ1) is 12.9. The number of morpholine rings is 1. The number of hydrogen-bond acceptors (Lipinski definition) is 6. The third-order valence-electron chi connectivity index (χ3n) is 4.15. The summed E-state index contributed by atoms with van der Waals surface area (Å²) in [5.74, 6) is -0.0905. The monoisotopic (exact) mass is 411 g/mol. The van der Waals surface area contributed by atoms with E-state index < -0.39 is 10.0 Å². The summed E-state index contributed by atoms with van der Waals surface area (Å²) in [6.45, 7) is 1.30. The molecule has 1 aliphatic rings. The van der Waals surface area contributed by atoms with Crippen LogP contribution in [0.25, 0.3) is 0 Å². The molecular weight excluding hydrogens is 390 g/mol. The van der Waals surface area contributed by atoms with Crippen molar-refractivity contribution >= 4 is 27.3 Å². The first kappa shape index (κ1) is 19.7. The number of sulfonamides is 1. The number of amides is 1. The highest BCUT2D eigenvalue weighted by molar-refractivity contribution is 7.89. The van der Waals surface area contributed by atoms with Crippen molar-refractivity contribution in [2.45, 2.75) is 11.3 Å². The van der Waals surface area contributed by atoms with E-state index in [0.29, 0.717) is 36.7 Å². The van der Waals surface area contributed by atoms with E-state index in [0.717, 1.165) is 0 Å². The Labute approximate surface area is 161 Å². The molecule has 0 aliphatic carbocycles. The number of rotatable bonds is 5. The van der Waals surface area contributed by atoms with E-state index in [4.69, 9.17) is 9.47 Å². The Morgan fingerprint density at radius 3 is 2.70 bits per heavy atom. The van der Waals surface area contributed by atoms with E-state index in [2.05, 4.69) is 4.99 Å². The second-order valence-electron chi connectivity index (χ2n) is 5.98. The third kappa shape index (κ3) is 4.46. The van der Waals surface area contributed by atoms with Crippen molar-refractivity contribution in [3.8, 4) is 5.75 Å². The number of hydrogen-bond donors (Lipinski definition) is 0. The van der Waals surface area contributed by atoms with Crippen molar-refractivity contribution in [3.05, 3.63) is 40.1 Å². The van der Waals surface area contributed by atoms with Crippen LogP contribution in [-0.2, 0) is 33.0 Å². The van der Waals surface area contributed by atoms with Crippen LogP contribution in [-0.4, -0.2) is 56.6 Å². The van der Waals surface area contributed by atoms with Gasteiger partial charge in [-0.2, -0.15) is 9.30 Å². The van der Waals surface area contributed by atoms with Gasteiger partial charge in [-0.1, -0.05) is 6.07 Å². The predicted molar refractivity (Wildman–Crippen MR) is 100 cm³/mol. The Hall–Kier alpha value is -2.01. The summed E-state index contributed by atoms with van der Waals surface area (Å²) in [6, 6.07) is 4.74. The number of aryl methyl sites for hydroxylation is 1. The molecule has 0 radical (unpaired) electrons. The number of benzene rings is 1. The van der Waals surface area contributed by atoms with Gasteiger partial charge in [0.15, 0.2) is 4.80 Å². The summed E-state index contributed by atoms with van der Waals surface area (Å²) in [5, 5.41) is 1.84. The summed E-state index contributed by atoms with van der Waals surface area (Å²) in [7, 11) is -0.506. The van der Waals surface area contributed by atoms with Crippen molar-refractivity contribution in [2.24, 2.45) is 12.0 Å². The number of nitrogens with zero attached hydrogens (tertiary/aromatic N) is 3. The molecule has 1 fully saturated rings. The van der Waals surface area contributed by atoms with Crippen molar-refractivity contribution in [1.82, 2.24) is 8.87 Å². The van der Waals surface area contributed by atoms with Crippen molar-refractivity contribution in [2.75, 3.05) is 33.4 Å². The summed E-state index contributed by atoms with van der Waals surface area (Å²) in [6.07, 6.45) is 1.82. The topological polar surface area (TPSA) is 90.2 Å². The fraction of sp³-hybridized carbons (Fsp3) is 0.412. The Balaban J connectivity index is 1.89. The molecule has 1 amide bonds. The van der Waals surface area contributed by atoms with E-state index in [1.165, 1.54) is 28.8 Å². The van der Waals surface area contributed by atoms with Crippen LogP contribution in [0.2, 0.25) is 0 Å². The molecule has 10 heteroatoms. The maximum absolute atomic E-state index is 13.0. The predicted octanol–water partition coefficient (Wildman–Crippen LogP) is 0.786. The fourth-order valence-corrected chi connectivity index (χ4v) is 5.07.